The van der Waals surface area contributed by atoms with Gasteiger partial charge in [0.05, 0.1) is 0 Å². The van der Waals surface area contributed by atoms with E-state index in [2.05, 4.69) is 31.2 Å². The highest BCUT2D eigenvalue weighted by Gasteiger charge is 2.03. The number of nitrogens with zero attached hydrogens (tertiary/aromatic N) is 2. The van der Waals surface area contributed by atoms with Crippen LogP contribution >= 0.6 is 15.9 Å². The van der Waals surface area contributed by atoms with Gasteiger partial charge in [0.2, 0.25) is 5.95 Å². The van der Waals surface area contributed by atoms with Gasteiger partial charge in [-0.2, -0.15) is 4.98 Å². The first-order chi connectivity index (χ1) is 8.06. The van der Waals surface area contributed by atoms with E-state index in [4.69, 9.17) is 5.73 Å². The molecular formula is C12H13BrN4. The largest absolute Gasteiger partial charge is 0.368 e. The second kappa shape index (κ2) is 4.71. The summed E-state index contributed by atoms with van der Waals surface area (Å²) in [6.45, 7) is 3.98. The fourth-order valence-corrected chi connectivity index (χ4v) is 1.69. The monoisotopic (exact) mass is 292 g/mol. The maximum absolute atomic E-state index is 5.57. The van der Waals surface area contributed by atoms with Crippen molar-refractivity contribution in [1.29, 1.82) is 0 Å². The summed E-state index contributed by atoms with van der Waals surface area (Å²) >= 11 is 3.47. The third kappa shape index (κ3) is 2.74. The van der Waals surface area contributed by atoms with Crippen molar-refractivity contribution in [1.82, 2.24) is 9.97 Å². The summed E-state index contributed by atoms with van der Waals surface area (Å²) < 4.78 is 1.09. The van der Waals surface area contributed by atoms with Gasteiger partial charge in [0, 0.05) is 21.9 Å². The molecule has 2 aromatic rings. The molecule has 0 radical (unpaired) electrons. The lowest BCUT2D eigenvalue weighted by Gasteiger charge is -2.09. The molecule has 3 N–H and O–H groups in total. The van der Waals surface area contributed by atoms with Crippen LogP contribution in [0.15, 0.2) is 28.9 Å². The van der Waals surface area contributed by atoms with Crippen LogP contribution in [0.2, 0.25) is 0 Å². The van der Waals surface area contributed by atoms with Crippen molar-refractivity contribution in [3.63, 3.8) is 0 Å². The number of nitrogens with one attached hydrogen (secondary N) is 1. The molecule has 1 aromatic carbocycles. The Morgan fingerprint density at radius 3 is 2.71 bits per heavy atom. The van der Waals surface area contributed by atoms with Gasteiger partial charge in [-0.1, -0.05) is 15.9 Å². The molecular weight excluding hydrogens is 280 g/mol. The van der Waals surface area contributed by atoms with E-state index < -0.39 is 0 Å². The molecule has 0 aliphatic heterocycles. The average Bonchev–Trinajstić information content (AvgIpc) is 2.29. The van der Waals surface area contributed by atoms with Gasteiger partial charge in [0.15, 0.2) is 0 Å². The highest BCUT2D eigenvalue weighted by molar-refractivity contribution is 9.10. The minimum atomic E-state index is 0.270. The van der Waals surface area contributed by atoms with Crippen LogP contribution in [0, 0.1) is 13.8 Å². The van der Waals surface area contributed by atoms with Crippen LogP contribution in [0.5, 0.6) is 0 Å². The summed E-state index contributed by atoms with van der Waals surface area (Å²) in [6.07, 6.45) is 1.70. The average molecular weight is 293 g/mol. The van der Waals surface area contributed by atoms with E-state index >= 15 is 0 Å². The van der Waals surface area contributed by atoms with Crippen molar-refractivity contribution >= 4 is 33.4 Å². The SMILES string of the molecule is Cc1cc(Nc2nc(N)ncc2C)ccc1Br. The second-order valence-electron chi connectivity index (χ2n) is 3.85. The summed E-state index contributed by atoms with van der Waals surface area (Å²) in [7, 11) is 0. The Hall–Kier alpha value is -1.62. The Kier molecular flexibility index (Phi) is 3.28. The first-order valence-corrected chi connectivity index (χ1v) is 5.98. The third-order valence-corrected chi connectivity index (χ3v) is 3.30. The van der Waals surface area contributed by atoms with Gasteiger partial charge in [-0.3, -0.25) is 0 Å². The van der Waals surface area contributed by atoms with E-state index in [-0.39, 0.29) is 5.95 Å². The fourth-order valence-electron chi connectivity index (χ4n) is 1.44. The number of aryl methyl sites for hydroxylation is 2. The van der Waals surface area contributed by atoms with Crippen molar-refractivity contribution in [2.75, 3.05) is 11.1 Å². The molecule has 0 aliphatic rings. The van der Waals surface area contributed by atoms with Gasteiger partial charge in [0.1, 0.15) is 5.82 Å². The minimum absolute atomic E-state index is 0.270. The van der Waals surface area contributed by atoms with Gasteiger partial charge in [0.25, 0.3) is 0 Å². The Morgan fingerprint density at radius 2 is 2.00 bits per heavy atom. The molecule has 0 amide bonds. The van der Waals surface area contributed by atoms with Gasteiger partial charge in [-0.25, -0.2) is 4.98 Å². The standard InChI is InChI=1S/C12H13BrN4/c1-7-5-9(3-4-10(7)13)16-11-8(2)6-15-12(14)17-11/h3-6H,1-2H3,(H3,14,15,16,17). The second-order valence-corrected chi connectivity index (χ2v) is 4.70. The lowest BCUT2D eigenvalue weighted by Crippen LogP contribution is -2.02. The summed E-state index contributed by atoms with van der Waals surface area (Å²) in [5, 5.41) is 3.23. The van der Waals surface area contributed by atoms with Crippen molar-refractivity contribution in [3.05, 3.63) is 40.0 Å². The molecule has 2 rings (SSSR count). The Labute approximate surface area is 108 Å². The number of nitrogens with two attached hydrogens (primary N) is 1. The molecule has 0 bridgehead atoms. The van der Waals surface area contributed by atoms with Crippen molar-refractivity contribution in [3.8, 4) is 0 Å². The molecule has 4 nitrogen and oxygen atoms in total. The van der Waals surface area contributed by atoms with Gasteiger partial charge < -0.3 is 11.1 Å². The van der Waals surface area contributed by atoms with Crippen LogP contribution in [0.1, 0.15) is 11.1 Å². The molecule has 0 fully saturated rings. The van der Waals surface area contributed by atoms with Gasteiger partial charge >= 0.3 is 0 Å². The van der Waals surface area contributed by atoms with E-state index in [1.54, 1.807) is 6.20 Å². The molecule has 5 heteroatoms. The summed E-state index contributed by atoms with van der Waals surface area (Å²) in [5.41, 5.74) is 8.66. The molecule has 0 spiro atoms. The lowest BCUT2D eigenvalue weighted by atomic mass is 10.2. The Balaban J connectivity index is 2.31. The lowest BCUT2D eigenvalue weighted by molar-refractivity contribution is 1.15. The quantitative estimate of drug-likeness (QED) is 0.892. The smallest absolute Gasteiger partial charge is 0.221 e. The summed E-state index contributed by atoms with van der Waals surface area (Å²) in [4.78, 5) is 8.10. The number of nitrogen functional groups attached to an aromatic ring is 1. The van der Waals surface area contributed by atoms with Crippen LogP contribution in [0.4, 0.5) is 17.5 Å². The predicted molar refractivity (Wildman–Crippen MR) is 73.3 cm³/mol. The normalized spacial score (nSPS) is 10.3. The Bertz CT molecular complexity index is 554. The van der Waals surface area contributed by atoms with Crippen LogP contribution < -0.4 is 11.1 Å². The number of hydrogen-bond donors (Lipinski definition) is 2. The van der Waals surface area contributed by atoms with Crippen LogP contribution in [0.3, 0.4) is 0 Å². The minimum Gasteiger partial charge on any atom is -0.368 e. The third-order valence-electron chi connectivity index (χ3n) is 2.41. The first kappa shape index (κ1) is 11.9. The zero-order valence-electron chi connectivity index (χ0n) is 9.66. The van der Waals surface area contributed by atoms with Crippen molar-refractivity contribution in [2.24, 2.45) is 0 Å². The molecule has 1 aromatic heterocycles. The molecule has 0 aliphatic carbocycles. The van der Waals surface area contributed by atoms with Crippen molar-refractivity contribution < 1.29 is 0 Å². The highest BCUT2D eigenvalue weighted by atomic mass is 79.9. The maximum Gasteiger partial charge on any atom is 0.221 e. The first-order valence-electron chi connectivity index (χ1n) is 5.18. The summed E-state index contributed by atoms with van der Waals surface area (Å²) in [5.74, 6) is 1.01. The van der Waals surface area contributed by atoms with Crippen LogP contribution in [-0.4, -0.2) is 9.97 Å². The topological polar surface area (TPSA) is 63.8 Å². The molecule has 0 atom stereocenters. The van der Waals surface area contributed by atoms with E-state index in [1.165, 1.54) is 0 Å². The molecule has 0 saturated heterocycles. The Morgan fingerprint density at radius 1 is 1.24 bits per heavy atom. The number of aromatic nitrogens is 2. The molecule has 1 heterocycles. The zero-order valence-corrected chi connectivity index (χ0v) is 11.2. The molecule has 0 saturated carbocycles. The number of halogens is 1. The van der Waals surface area contributed by atoms with E-state index in [0.717, 1.165) is 27.1 Å². The number of benzene rings is 1. The highest BCUT2D eigenvalue weighted by Crippen LogP contribution is 2.23. The predicted octanol–water partition coefficient (Wildman–Crippen LogP) is 3.18. The van der Waals surface area contributed by atoms with Gasteiger partial charge in [-0.15, -0.1) is 0 Å². The molecule has 88 valence electrons. The fraction of sp³-hybridized carbons (Fsp3) is 0.167. The number of rotatable bonds is 2. The zero-order chi connectivity index (χ0) is 12.4. The van der Waals surface area contributed by atoms with Crippen LogP contribution in [-0.2, 0) is 0 Å². The van der Waals surface area contributed by atoms with E-state index in [0.29, 0.717) is 0 Å². The van der Waals surface area contributed by atoms with Crippen molar-refractivity contribution in [2.45, 2.75) is 13.8 Å². The number of hydrogen-bond acceptors (Lipinski definition) is 4. The molecule has 17 heavy (non-hydrogen) atoms. The van der Waals surface area contributed by atoms with Gasteiger partial charge in [-0.05, 0) is 37.6 Å². The van der Waals surface area contributed by atoms with E-state index in [1.807, 2.05) is 32.0 Å². The maximum atomic E-state index is 5.57. The number of anilines is 3. The van der Waals surface area contributed by atoms with E-state index in [9.17, 15) is 0 Å². The van der Waals surface area contributed by atoms with Crippen LogP contribution in [0.25, 0.3) is 0 Å². The molecule has 0 unspecified atom stereocenters. The summed E-state index contributed by atoms with van der Waals surface area (Å²) in [6, 6.07) is 6.02.